The van der Waals surface area contributed by atoms with E-state index in [4.69, 9.17) is 14.7 Å². The van der Waals surface area contributed by atoms with Crippen LogP contribution in [0.1, 0.15) is 18.4 Å². The van der Waals surface area contributed by atoms with Gasteiger partial charge in [-0.15, -0.1) is 11.3 Å². The van der Waals surface area contributed by atoms with Crippen LogP contribution in [0, 0.1) is 6.92 Å². The standard InChI is InChI=1S/C26H31N7OS/c1-17-16-35-25-23(17)24(29-22-7-5-6-12-27-22)30-26(31-25)28-18-8-9-20(21(15-18)34-4)33-13-10-19(11-14-33)32(2)3/h5-9,12,15-16,19H,10-11,13-14H2,1-4H3,(H2,27,28,29,30,31). The zero-order chi connectivity index (χ0) is 24.4. The van der Waals surface area contributed by atoms with Crippen molar-refractivity contribution in [3.63, 3.8) is 0 Å². The van der Waals surface area contributed by atoms with Crippen molar-refractivity contribution in [3.8, 4) is 5.75 Å². The molecule has 1 aliphatic rings. The highest BCUT2D eigenvalue weighted by Gasteiger charge is 2.23. The first-order valence-corrected chi connectivity index (χ1v) is 12.7. The van der Waals surface area contributed by atoms with Gasteiger partial charge in [0.15, 0.2) is 0 Å². The molecule has 8 nitrogen and oxygen atoms in total. The van der Waals surface area contributed by atoms with Crippen molar-refractivity contribution in [1.82, 2.24) is 19.9 Å². The predicted octanol–water partition coefficient (Wildman–Crippen LogP) is 5.42. The van der Waals surface area contributed by atoms with Crippen LogP contribution in [-0.4, -0.2) is 60.2 Å². The summed E-state index contributed by atoms with van der Waals surface area (Å²) < 4.78 is 5.78. The molecule has 9 heteroatoms. The number of pyridine rings is 1. The first-order chi connectivity index (χ1) is 17.0. The number of nitrogens with zero attached hydrogens (tertiary/aromatic N) is 5. The van der Waals surface area contributed by atoms with Crippen LogP contribution in [0.3, 0.4) is 0 Å². The van der Waals surface area contributed by atoms with Crippen LogP contribution in [0.25, 0.3) is 10.2 Å². The lowest BCUT2D eigenvalue weighted by Crippen LogP contribution is -2.42. The van der Waals surface area contributed by atoms with Crippen LogP contribution in [0.15, 0.2) is 48.0 Å². The summed E-state index contributed by atoms with van der Waals surface area (Å²) >= 11 is 1.61. The highest BCUT2D eigenvalue weighted by molar-refractivity contribution is 7.17. The van der Waals surface area contributed by atoms with E-state index < -0.39 is 0 Å². The molecule has 0 amide bonds. The second-order valence-electron chi connectivity index (χ2n) is 9.03. The van der Waals surface area contributed by atoms with Crippen molar-refractivity contribution in [3.05, 3.63) is 53.5 Å². The minimum atomic E-state index is 0.527. The van der Waals surface area contributed by atoms with E-state index in [2.05, 4.69) is 63.9 Å². The Hall–Kier alpha value is -3.43. The summed E-state index contributed by atoms with van der Waals surface area (Å²) in [6.45, 7) is 4.11. The third-order valence-electron chi connectivity index (χ3n) is 6.50. The molecule has 1 saturated heterocycles. The molecule has 4 heterocycles. The predicted molar refractivity (Wildman–Crippen MR) is 145 cm³/mol. The van der Waals surface area contributed by atoms with Crippen LogP contribution in [0.4, 0.5) is 29.0 Å². The highest BCUT2D eigenvalue weighted by Crippen LogP contribution is 2.36. The molecule has 35 heavy (non-hydrogen) atoms. The van der Waals surface area contributed by atoms with E-state index in [-0.39, 0.29) is 0 Å². The van der Waals surface area contributed by atoms with Gasteiger partial charge in [0, 0.05) is 37.1 Å². The van der Waals surface area contributed by atoms with Crippen molar-refractivity contribution < 1.29 is 4.74 Å². The molecule has 3 aromatic heterocycles. The Morgan fingerprint density at radius 3 is 2.63 bits per heavy atom. The molecule has 0 atom stereocenters. The number of nitrogens with one attached hydrogen (secondary N) is 2. The van der Waals surface area contributed by atoms with Crippen LogP contribution < -0.4 is 20.3 Å². The third kappa shape index (κ3) is 5.01. The van der Waals surface area contributed by atoms with Crippen LogP contribution in [0.2, 0.25) is 0 Å². The number of fused-ring (bicyclic) bond motifs is 1. The Bertz CT molecular complexity index is 1300. The maximum absolute atomic E-state index is 5.78. The molecule has 0 aliphatic carbocycles. The van der Waals surface area contributed by atoms with E-state index in [1.165, 1.54) is 0 Å². The second-order valence-corrected chi connectivity index (χ2v) is 9.89. The number of aryl methyl sites for hydroxylation is 1. The Morgan fingerprint density at radius 1 is 1.09 bits per heavy atom. The number of benzene rings is 1. The van der Waals surface area contributed by atoms with Crippen molar-refractivity contribution in [1.29, 1.82) is 0 Å². The molecule has 4 aromatic rings. The van der Waals surface area contributed by atoms with Crippen LogP contribution in [-0.2, 0) is 0 Å². The quantitative estimate of drug-likeness (QED) is 0.356. The SMILES string of the molecule is COc1cc(Nc2nc(Nc3ccccn3)c3c(C)csc3n2)ccc1N1CCC(N(C)C)CC1. The molecule has 1 aromatic carbocycles. The molecule has 0 spiro atoms. The average molecular weight is 490 g/mol. The molecule has 1 aliphatic heterocycles. The molecule has 2 N–H and O–H groups in total. The summed E-state index contributed by atoms with van der Waals surface area (Å²) in [6, 6.07) is 12.6. The van der Waals surface area contributed by atoms with Crippen LogP contribution >= 0.6 is 11.3 Å². The lowest BCUT2D eigenvalue weighted by Gasteiger charge is -2.37. The Labute approximate surface area is 210 Å². The van der Waals surface area contributed by atoms with Crippen molar-refractivity contribution in [2.75, 3.05) is 49.8 Å². The van der Waals surface area contributed by atoms with Crippen molar-refractivity contribution in [2.24, 2.45) is 0 Å². The van der Waals surface area contributed by atoms with E-state index in [0.717, 1.165) is 70.5 Å². The lowest BCUT2D eigenvalue weighted by molar-refractivity contribution is 0.249. The number of rotatable bonds is 7. The Morgan fingerprint density at radius 2 is 1.91 bits per heavy atom. The fraction of sp³-hybridized carbons (Fsp3) is 0.346. The van der Waals surface area contributed by atoms with Crippen molar-refractivity contribution >= 4 is 50.5 Å². The van der Waals surface area contributed by atoms with Gasteiger partial charge in [-0.2, -0.15) is 4.98 Å². The maximum atomic E-state index is 5.78. The van der Waals surface area contributed by atoms with Gasteiger partial charge in [-0.1, -0.05) is 6.07 Å². The largest absolute Gasteiger partial charge is 0.495 e. The first-order valence-electron chi connectivity index (χ1n) is 11.8. The first kappa shape index (κ1) is 23.3. The summed E-state index contributed by atoms with van der Waals surface area (Å²) in [5.74, 6) is 2.85. The summed E-state index contributed by atoms with van der Waals surface area (Å²) in [4.78, 5) is 19.6. The molecule has 0 saturated carbocycles. The third-order valence-corrected chi connectivity index (χ3v) is 7.49. The van der Waals surface area contributed by atoms with E-state index in [1.54, 1.807) is 24.6 Å². The van der Waals surface area contributed by atoms with Gasteiger partial charge in [0.2, 0.25) is 5.95 Å². The Balaban J connectivity index is 1.40. The Kier molecular flexibility index (Phi) is 6.70. The van der Waals surface area contributed by atoms with Gasteiger partial charge < -0.3 is 25.2 Å². The second kappa shape index (κ2) is 10.1. The van der Waals surface area contributed by atoms with E-state index in [0.29, 0.717) is 12.0 Å². The maximum Gasteiger partial charge on any atom is 0.230 e. The molecule has 5 rings (SSSR count). The number of methoxy groups -OCH3 is 1. The molecule has 0 bridgehead atoms. The highest BCUT2D eigenvalue weighted by atomic mass is 32.1. The van der Waals surface area contributed by atoms with Gasteiger partial charge in [-0.05, 0) is 69.1 Å². The molecule has 0 radical (unpaired) electrons. The van der Waals surface area contributed by atoms with Gasteiger partial charge in [0.1, 0.15) is 22.2 Å². The number of hydrogen-bond acceptors (Lipinski definition) is 9. The normalized spacial score (nSPS) is 14.5. The molecular formula is C26H31N7OS. The topological polar surface area (TPSA) is 78.4 Å². The summed E-state index contributed by atoms with van der Waals surface area (Å²) in [6.07, 6.45) is 4.06. The molecule has 0 unspecified atom stereocenters. The van der Waals surface area contributed by atoms with E-state index >= 15 is 0 Å². The number of aromatic nitrogens is 3. The lowest BCUT2D eigenvalue weighted by atomic mass is 10.0. The number of piperidine rings is 1. The smallest absolute Gasteiger partial charge is 0.230 e. The van der Waals surface area contributed by atoms with Gasteiger partial charge in [0.25, 0.3) is 0 Å². The van der Waals surface area contributed by atoms with E-state index in [1.807, 2.05) is 24.3 Å². The minimum Gasteiger partial charge on any atom is -0.495 e. The van der Waals surface area contributed by atoms with Gasteiger partial charge in [-0.25, -0.2) is 9.97 Å². The van der Waals surface area contributed by atoms with Crippen molar-refractivity contribution in [2.45, 2.75) is 25.8 Å². The zero-order valence-corrected chi connectivity index (χ0v) is 21.4. The number of hydrogen-bond donors (Lipinski definition) is 2. The number of anilines is 5. The zero-order valence-electron chi connectivity index (χ0n) is 20.6. The minimum absolute atomic E-state index is 0.527. The summed E-state index contributed by atoms with van der Waals surface area (Å²) in [5, 5.41) is 9.85. The number of thiophene rings is 1. The fourth-order valence-electron chi connectivity index (χ4n) is 4.56. The molecular weight excluding hydrogens is 458 g/mol. The van der Waals surface area contributed by atoms with Gasteiger partial charge in [0.05, 0.1) is 18.2 Å². The number of ether oxygens (including phenoxy) is 1. The van der Waals surface area contributed by atoms with Crippen LogP contribution in [0.5, 0.6) is 5.75 Å². The molecule has 182 valence electrons. The van der Waals surface area contributed by atoms with Gasteiger partial charge >= 0.3 is 0 Å². The average Bonchev–Trinajstić information content (AvgIpc) is 3.25. The summed E-state index contributed by atoms with van der Waals surface area (Å²) in [5.41, 5.74) is 3.14. The van der Waals surface area contributed by atoms with Gasteiger partial charge in [-0.3, -0.25) is 0 Å². The fourth-order valence-corrected chi connectivity index (χ4v) is 5.48. The monoisotopic (exact) mass is 489 g/mol. The molecule has 1 fully saturated rings. The summed E-state index contributed by atoms with van der Waals surface area (Å²) in [7, 11) is 6.05. The van der Waals surface area contributed by atoms with E-state index in [9.17, 15) is 0 Å².